The maximum atomic E-state index is 6.19. The first kappa shape index (κ1) is 11.0. The SMILES string of the molecule is CCCC1OCC2OC3(CCCO3)CCC12. The highest BCUT2D eigenvalue weighted by molar-refractivity contribution is 4.93. The van der Waals surface area contributed by atoms with Crippen LogP contribution in [0, 0.1) is 5.92 Å². The van der Waals surface area contributed by atoms with Crippen LogP contribution in [-0.4, -0.2) is 31.2 Å². The van der Waals surface area contributed by atoms with Crippen molar-refractivity contribution < 1.29 is 14.2 Å². The van der Waals surface area contributed by atoms with Crippen molar-refractivity contribution in [1.29, 1.82) is 0 Å². The zero-order chi connectivity index (χ0) is 11.0. The number of hydrogen-bond acceptors (Lipinski definition) is 3. The first-order valence-electron chi connectivity index (χ1n) is 6.76. The highest BCUT2D eigenvalue weighted by Gasteiger charge is 2.49. The molecule has 0 N–H and O–H groups in total. The van der Waals surface area contributed by atoms with Crippen LogP contribution in [0.5, 0.6) is 0 Å². The van der Waals surface area contributed by atoms with E-state index in [1.54, 1.807) is 0 Å². The first-order valence-corrected chi connectivity index (χ1v) is 6.76. The van der Waals surface area contributed by atoms with Crippen molar-refractivity contribution in [3.05, 3.63) is 0 Å². The fraction of sp³-hybridized carbons (Fsp3) is 1.00. The summed E-state index contributed by atoms with van der Waals surface area (Å²) in [5, 5.41) is 0. The summed E-state index contributed by atoms with van der Waals surface area (Å²) in [6, 6.07) is 0. The Labute approximate surface area is 97.4 Å². The van der Waals surface area contributed by atoms with Gasteiger partial charge in [0.1, 0.15) is 0 Å². The van der Waals surface area contributed by atoms with Crippen molar-refractivity contribution in [2.75, 3.05) is 13.2 Å². The number of rotatable bonds is 2. The van der Waals surface area contributed by atoms with Crippen molar-refractivity contribution in [2.45, 2.75) is 63.4 Å². The Hall–Kier alpha value is -0.120. The summed E-state index contributed by atoms with van der Waals surface area (Å²) in [7, 11) is 0. The molecule has 0 bridgehead atoms. The molecular weight excluding hydrogens is 204 g/mol. The molecule has 92 valence electrons. The molecule has 3 aliphatic heterocycles. The van der Waals surface area contributed by atoms with Gasteiger partial charge in [-0.1, -0.05) is 13.3 Å². The zero-order valence-corrected chi connectivity index (χ0v) is 10.1. The quantitative estimate of drug-likeness (QED) is 0.724. The topological polar surface area (TPSA) is 27.7 Å². The molecule has 3 rings (SSSR count). The van der Waals surface area contributed by atoms with Gasteiger partial charge in [0.15, 0.2) is 5.79 Å². The van der Waals surface area contributed by atoms with Crippen LogP contribution in [0.25, 0.3) is 0 Å². The van der Waals surface area contributed by atoms with Crippen LogP contribution in [-0.2, 0) is 14.2 Å². The van der Waals surface area contributed by atoms with Crippen LogP contribution in [0.2, 0.25) is 0 Å². The highest BCUT2D eigenvalue weighted by Crippen LogP contribution is 2.44. The van der Waals surface area contributed by atoms with E-state index in [0.29, 0.717) is 18.1 Å². The van der Waals surface area contributed by atoms with Gasteiger partial charge >= 0.3 is 0 Å². The summed E-state index contributed by atoms with van der Waals surface area (Å²) in [4.78, 5) is 0. The zero-order valence-electron chi connectivity index (χ0n) is 10.1. The van der Waals surface area contributed by atoms with E-state index < -0.39 is 0 Å². The lowest BCUT2D eigenvalue weighted by atomic mass is 9.86. The minimum atomic E-state index is -0.231. The summed E-state index contributed by atoms with van der Waals surface area (Å²) < 4.78 is 17.9. The molecule has 3 saturated heterocycles. The van der Waals surface area contributed by atoms with Gasteiger partial charge in [-0.05, 0) is 19.3 Å². The Morgan fingerprint density at radius 3 is 3.00 bits per heavy atom. The second kappa shape index (κ2) is 4.28. The molecule has 0 aromatic carbocycles. The maximum absolute atomic E-state index is 6.19. The second-order valence-electron chi connectivity index (χ2n) is 5.38. The molecule has 1 spiro atoms. The van der Waals surface area contributed by atoms with Crippen molar-refractivity contribution in [3.63, 3.8) is 0 Å². The molecule has 4 atom stereocenters. The summed E-state index contributed by atoms with van der Waals surface area (Å²) in [5.74, 6) is 0.390. The van der Waals surface area contributed by atoms with Crippen molar-refractivity contribution in [2.24, 2.45) is 5.92 Å². The van der Waals surface area contributed by atoms with Crippen LogP contribution >= 0.6 is 0 Å². The van der Waals surface area contributed by atoms with Crippen LogP contribution in [0.3, 0.4) is 0 Å². The third kappa shape index (κ3) is 1.79. The van der Waals surface area contributed by atoms with E-state index in [9.17, 15) is 0 Å². The molecule has 4 unspecified atom stereocenters. The second-order valence-corrected chi connectivity index (χ2v) is 5.38. The predicted molar refractivity (Wildman–Crippen MR) is 60.2 cm³/mol. The number of fused-ring (bicyclic) bond motifs is 1. The van der Waals surface area contributed by atoms with Crippen LogP contribution in [0.15, 0.2) is 0 Å². The van der Waals surface area contributed by atoms with E-state index in [2.05, 4.69) is 6.92 Å². The predicted octanol–water partition coefficient (Wildman–Crippen LogP) is 2.49. The monoisotopic (exact) mass is 226 g/mol. The van der Waals surface area contributed by atoms with Crippen LogP contribution < -0.4 is 0 Å². The Balaban J connectivity index is 1.65. The molecule has 0 radical (unpaired) electrons. The molecule has 0 amide bonds. The lowest BCUT2D eigenvalue weighted by Gasteiger charge is -2.39. The Bertz CT molecular complexity index is 248. The van der Waals surface area contributed by atoms with E-state index in [1.807, 2.05) is 0 Å². The van der Waals surface area contributed by atoms with Gasteiger partial charge in [-0.25, -0.2) is 0 Å². The van der Waals surface area contributed by atoms with Gasteiger partial charge in [-0.15, -0.1) is 0 Å². The molecule has 3 aliphatic rings. The minimum Gasteiger partial charge on any atom is -0.375 e. The van der Waals surface area contributed by atoms with E-state index >= 15 is 0 Å². The van der Waals surface area contributed by atoms with E-state index in [4.69, 9.17) is 14.2 Å². The van der Waals surface area contributed by atoms with Crippen molar-refractivity contribution in [3.8, 4) is 0 Å². The van der Waals surface area contributed by atoms with Gasteiger partial charge in [0.05, 0.1) is 25.4 Å². The van der Waals surface area contributed by atoms with E-state index in [1.165, 1.54) is 19.3 Å². The molecule has 3 fully saturated rings. The largest absolute Gasteiger partial charge is 0.375 e. The third-order valence-electron chi connectivity index (χ3n) is 4.29. The van der Waals surface area contributed by atoms with Gasteiger partial charge in [0.25, 0.3) is 0 Å². The summed E-state index contributed by atoms with van der Waals surface area (Å²) in [6.07, 6.45) is 7.63. The Morgan fingerprint density at radius 1 is 1.31 bits per heavy atom. The molecule has 3 heteroatoms. The standard InChI is InChI=1S/C13H22O3/c1-2-4-11-10-5-7-13(6-3-8-15-13)16-12(10)9-14-11/h10-12H,2-9H2,1H3. The van der Waals surface area contributed by atoms with Crippen LogP contribution in [0.4, 0.5) is 0 Å². The van der Waals surface area contributed by atoms with Gasteiger partial charge < -0.3 is 14.2 Å². The van der Waals surface area contributed by atoms with Gasteiger partial charge in [-0.2, -0.15) is 0 Å². The smallest absolute Gasteiger partial charge is 0.168 e. The number of ether oxygens (including phenoxy) is 3. The molecule has 3 nitrogen and oxygen atoms in total. The molecular formula is C13H22O3. The highest BCUT2D eigenvalue weighted by atomic mass is 16.7. The maximum Gasteiger partial charge on any atom is 0.168 e. The van der Waals surface area contributed by atoms with Gasteiger partial charge in [0, 0.05) is 18.8 Å². The lowest BCUT2D eigenvalue weighted by Crippen LogP contribution is -2.45. The molecule has 0 aromatic heterocycles. The Morgan fingerprint density at radius 2 is 2.25 bits per heavy atom. The first-order chi connectivity index (χ1) is 7.83. The summed E-state index contributed by atoms with van der Waals surface area (Å²) in [5.41, 5.74) is 0. The molecule has 0 aliphatic carbocycles. The summed E-state index contributed by atoms with van der Waals surface area (Å²) >= 11 is 0. The summed E-state index contributed by atoms with van der Waals surface area (Å²) in [6.45, 7) is 3.87. The third-order valence-corrected chi connectivity index (χ3v) is 4.29. The molecule has 16 heavy (non-hydrogen) atoms. The van der Waals surface area contributed by atoms with Gasteiger partial charge in [0.2, 0.25) is 0 Å². The minimum absolute atomic E-state index is 0.231. The normalized spacial score (nSPS) is 47.4. The Kier molecular flexibility index (Phi) is 2.94. The van der Waals surface area contributed by atoms with E-state index in [-0.39, 0.29) is 5.79 Å². The molecule has 0 aromatic rings. The van der Waals surface area contributed by atoms with E-state index in [0.717, 1.165) is 32.5 Å². The molecule has 3 heterocycles. The fourth-order valence-corrected chi connectivity index (χ4v) is 3.46. The fourth-order valence-electron chi connectivity index (χ4n) is 3.46. The van der Waals surface area contributed by atoms with Crippen molar-refractivity contribution >= 4 is 0 Å². The molecule has 0 saturated carbocycles. The lowest BCUT2D eigenvalue weighted by molar-refractivity contribution is -0.264. The van der Waals surface area contributed by atoms with Crippen LogP contribution in [0.1, 0.15) is 45.4 Å². The number of hydrogen-bond donors (Lipinski definition) is 0. The average molecular weight is 226 g/mol. The average Bonchev–Trinajstić information content (AvgIpc) is 2.88. The van der Waals surface area contributed by atoms with Crippen molar-refractivity contribution in [1.82, 2.24) is 0 Å². The van der Waals surface area contributed by atoms with Gasteiger partial charge in [-0.3, -0.25) is 0 Å².